The molecule has 0 spiro atoms. The Hall–Kier alpha value is -2.45. The number of hydrogen-bond donors (Lipinski definition) is 3. The van der Waals surface area contributed by atoms with Gasteiger partial charge in [0.15, 0.2) is 0 Å². The molecule has 0 radical (unpaired) electrons. The van der Waals surface area contributed by atoms with E-state index >= 15 is 0 Å². The number of likely N-dealkylation sites (tertiary alicyclic amines) is 1. The molecule has 0 aromatic rings. The zero-order chi connectivity index (χ0) is 25.7. The van der Waals surface area contributed by atoms with Gasteiger partial charge < -0.3 is 21.3 Å². The number of nitrogens with two attached hydrogens (primary N) is 1. The molecule has 9 nitrogen and oxygen atoms in total. The number of fused-ring (bicyclic) bond motifs is 1. The predicted octanol–water partition coefficient (Wildman–Crippen LogP) is 0.996. The lowest BCUT2D eigenvalue weighted by atomic mass is 9.84. The molecule has 5 atom stereocenters. The highest BCUT2D eigenvalue weighted by Crippen LogP contribution is 2.65. The first-order chi connectivity index (χ1) is 15.6. The summed E-state index contributed by atoms with van der Waals surface area (Å²) in [6.45, 7) is 13.7. The zero-order valence-corrected chi connectivity index (χ0v) is 21.4. The standard InChI is InChI=1S/C25H40N4O5/c1-12(2)21(32)28-19(24(3,4)5)23(34)29-11-14-16(25(14,6)7)17(29)22(33)27-15(10-13-8-9-13)18(30)20(26)31/h12-17,19H,8-11H2,1-7H3,(H2,26,31)(H,27,33)(H,28,32)/t14?,15?,16?,17?,19-/m1/s1. The van der Waals surface area contributed by atoms with Crippen molar-refractivity contribution in [2.24, 2.45) is 40.2 Å². The van der Waals surface area contributed by atoms with Gasteiger partial charge in [0.25, 0.3) is 5.91 Å². The third-order valence-corrected chi connectivity index (χ3v) is 7.83. The minimum atomic E-state index is -1.07. The summed E-state index contributed by atoms with van der Waals surface area (Å²) in [6.07, 6.45) is 2.28. The van der Waals surface area contributed by atoms with E-state index in [9.17, 15) is 24.0 Å². The second kappa shape index (κ2) is 8.96. The molecule has 1 aliphatic heterocycles. The predicted molar refractivity (Wildman–Crippen MR) is 126 cm³/mol. The average molecular weight is 477 g/mol. The van der Waals surface area contributed by atoms with E-state index in [0.29, 0.717) is 13.0 Å². The molecule has 3 aliphatic rings. The van der Waals surface area contributed by atoms with Gasteiger partial charge in [-0.25, -0.2) is 0 Å². The second-order valence-corrected chi connectivity index (χ2v) is 12.3. The van der Waals surface area contributed by atoms with Gasteiger partial charge in [-0.3, -0.25) is 24.0 Å². The molecule has 0 bridgehead atoms. The number of rotatable bonds is 9. The summed E-state index contributed by atoms with van der Waals surface area (Å²) in [7, 11) is 0. The van der Waals surface area contributed by atoms with Crippen LogP contribution in [0.25, 0.3) is 0 Å². The van der Waals surface area contributed by atoms with Crippen LogP contribution in [-0.4, -0.2) is 59.0 Å². The van der Waals surface area contributed by atoms with E-state index in [4.69, 9.17) is 5.73 Å². The summed E-state index contributed by atoms with van der Waals surface area (Å²) in [5.41, 5.74) is 4.55. The summed E-state index contributed by atoms with van der Waals surface area (Å²) in [6, 6.07) is -2.54. The molecule has 1 saturated heterocycles. The molecule has 2 saturated carbocycles. The Kier molecular flexibility index (Phi) is 6.90. The van der Waals surface area contributed by atoms with Crippen molar-refractivity contribution in [3.63, 3.8) is 0 Å². The van der Waals surface area contributed by atoms with E-state index in [-0.39, 0.29) is 40.9 Å². The maximum atomic E-state index is 13.7. The number of nitrogens with zero attached hydrogens (tertiary/aromatic N) is 1. The van der Waals surface area contributed by atoms with Crippen molar-refractivity contribution in [2.75, 3.05) is 6.54 Å². The molecule has 4 unspecified atom stereocenters. The molecule has 1 heterocycles. The van der Waals surface area contributed by atoms with Crippen LogP contribution in [0.15, 0.2) is 0 Å². The van der Waals surface area contributed by atoms with Crippen LogP contribution in [0.4, 0.5) is 0 Å². The number of primary amides is 1. The topological polar surface area (TPSA) is 139 Å². The number of nitrogens with one attached hydrogen (secondary N) is 2. The van der Waals surface area contributed by atoms with Crippen molar-refractivity contribution < 1.29 is 24.0 Å². The Morgan fingerprint density at radius 1 is 1.06 bits per heavy atom. The van der Waals surface area contributed by atoms with Crippen LogP contribution in [0, 0.1) is 34.5 Å². The van der Waals surface area contributed by atoms with Crippen molar-refractivity contribution in [2.45, 2.75) is 85.9 Å². The Balaban J connectivity index is 1.85. The van der Waals surface area contributed by atoms with Crippen LogP contribution in [0.2, 0.25) is 0 Å². The minimum absolute atomic E-state index is 0.0527. The fourth-order valence-electron chi connectivity index (χ4n) is 5.28. The highest BCUT2D eigenvalue weighted by Gasteiger charge is 2.69. The zero-order valence-electron chi connectivity index (χ0n) is 21.4. The van der Waals surface area contributed by atoms with Gasteiger partial charge in [-0.05, 0) is 35.0 Å². The molecule has 0 aromatic heterocycles. The first-order valence-corrected chi connectivity index (χ1v) is 12.3. The van der Waals surface area contributed by atoms with Gasteiger partial charge in [0, 0.05) is 12.5 Å². The van der Waals surface area contributed by atoms with Gasteiger partial charge in [0.05, 0.1) is 6.04 Å². The maximum absolute atomic E-state index is 13.7. The van der Waals surface area contributed by atoms with Crippen molar-refractivity contribution in [1.82, 2.24) is 15.5 Å². The first kappa shape index (κ1) is 26.2. The third kappa shape index (κ3) is 5.13. The molecule has 3 rings (SSSR count). The Bertz CT molecular complexity index is 886. The third-order valence-electron chi connectivity index (χ3n) is 7.83. The molecule has 4 amide bonds. The van der Waals surface area contributed by atoms with E-state index in [1.807, 2.05) is 20.8 Å². The Morgan fingerprint density at radius 2 is 1.65 bits per heavy atom. The summed E-state index contributed by atoms with van der Waals surface area (Å²) in [5.74, 6) is -2.74. The maximum Gasteiger partial charge on any atom is 0.287 e. The van der Waals surface area contributed by atoms with E-state index in [2.05, 4.69) is 24.5 Å². The molecular formula is C25H40N4O5. The number of hydrogen-bond acceptors (Lipinski definition) is 5. The number of carbonyl (C=O) groups excluding carboxylic acids is 5. The van der Waals surface area contributed by atoms with Crippen molar-refractivity contribution in [1.29, 1.82) is 0 Å². The van der Waals surface area contributed by atoms with Gasteiger partial charge in [0.2, 0.25) is 23.5 Å². The number of Topliss-reactive ketones (excluding diaryl/α,β-unsaturated/α-hetero) is 1. The molecule has 9 heteroatoms. The van der Waals surface area contributed by atoms with Crippen molar-refractivity contribution >= 4 is 29.4 Å². The van der Waals surface area contributed by atoms with Gasteiger partial charge in [-0.1, -0.05) is 61.3 Å². The average Bonchev–Trinajstić information content (AvgIpc) is 3.56. The molecule has 190 valence electrons. The van der Waals surface area contributed by atoms with Crippen LogP contribution in [0.3, 0.4) is 0 Å². The van der Waals surface area contributed by atoms with Crippen LogP contribution >= 0.6 is 0 Å². The Morgan fingerprint density at radius 3 is 2.12 bits per heavy atom. The van der Waals surface area contributed by atoms with E-state index in [0.717, 1.165) is 12.8 Å². The first-order valence-electron chi connectivity index (χ1n) is 12.3. The number of ketones is 1. The van der Waals surface area contributed by atoms with Gasteiger partial charge in [-0.2, -0.15) is 0 Å². The normalized spacial score (nSPS) is 26.9. The smallest absolute Gasteiger partial charge is 0.287 e. The summed E-state index contributed by atoms with van der Waals surface area (Å²) >= 11 is 0. The van der Waals surface area contributed by atoms with Crippen LogP contribution in [0.1, 0.15) is 67.7 Å². The van der Waals surface area contributed by atoms with Gasteiger partial charge >= 0.3 is 0 Å². The molecule has 0 aromatic carbocycles. The highest BCUT2D eigenvalue weighted by atomic mass is 16.2. The number of piperidine rings is 1. The minimum Gasteiger partial charge on any atom is -0.363 e. The fourth-order valence-corrected chi connectivity index (χ4v) is 5.28. The fraction of sp³-hybridized carbons (Fsp3) is 0.800. The molecule has 3 fully saturated rings. The van der Waals surface area contributed by atoms with Gasteiger partial charge in [-0.15, -0.1) is 0 Å². The SMILES string of the molecule is CC(C)C(=O)N[C@H](C(=O)N1CC2C(C1C(=O)NC(CC1CC1)C(=O)C(N)=O)C2(C)C)C(C)(C)C. The number of carbonyl (C=O) groups is 5. The quantitative estimate of drug-likeness (QED) is 0.426. The summed E-state index contributed by atoms with van der Waals surface area (Å²) < 4.78 is 0. The lowest BCUT2D eigenvalue weighted by molar-refractivity contribution is -0.146. The van der Waals surface area contributed by atoms with Crippen LogP contribution in [-0.2, 0) is 24.0 Å². The van der Waals surface area contributed by atoms with E-state index in [1.165, 1.54) is 0 Å². The molecular weight excluding hydrogens is 436 g/mol. The molecule has 2 aliphatic carbocycles. The van der Waals surface area contributed by atoms with E-state index < -0.39 is 41.1 Å². The van der Waals surface area contributed by atoms with Crippen LogP contribution < -0.4 is 16.4 Å². The van der Waals surface area contributed by atoms with Crippen molar-refractivity contribution in [3.8, 4) is 0 Å². The second-order valence-electron chi connectivity index (χ2n) is 12.3. The monoisotopic (exact) mass is 476 g/mol. The lowest BCUT2D eigenvalue weighted by Gasteiger charge is -2.38. The molecule has 34 heavy (non-hydrogen) atoms. The highest BCUT2D eigenvalue weighted by molar-refractivity contribution is 6.37. The largest absolute Gasteiger partial charge is 0.363 e. The number of amides is 4. The molecule has 4 N–H and O–H groups in total. The Labute approximate surface area is 201 Å². The van der Waals surface area contributed by atoms with Gasteiger partial charge in [0.1, 0.15) is 12.1 Å². The van der Waals surface area contributed by atoms with Crippen LogP contribution in [0.5, 0.6) is 0 Å². The van der Waals surface area contributed by atoms with Crippen molar-refractivity contribution in [3.05, 3.63) is 0 Å². The summed E-state index contributed by atoms with van der Waals surface area (Å²) in [4.78, 5) is 65.3. The summed E-state index contributed by atoms with van der Waals surface area (Å²) in [5, 5.41) is 5.63. The lowest BCUT2D eigenvalue weighted by Crippen LogP contribution is -2.60. The van der Waals surface area contributed by atoms with E-state index in [1.54, 1.807) is 18.7 Å².